The highest BCUT2D eigenvalue weighted by Gasteiger charge is 2.38. The molecule has 1 aromatic rings. The Morgan fingerprint density at radius 3 is 2.78 bits per heavy atom. The molecule has 0 aromatic heterocycles. The number of nitrogens with one attached hydrogen (secondary N) is 2. The third kappa shape index (κ3) is 3.23. The third-order valence-corrected chi connectivity index (χ3v) is 5.76. The highest BCUT2D eigenvalue weighted by atomic mass is 16.2. The van der Waals surface area contributed by atoms with Crippen LogP contribution in [0.5, 0.6) is 0 Å². The fourth-order valence-electron chi connectivity index (χ4n) is 4.51. The van der Waals surface area contributed by atoms with Crippen molar-refractivity contribution in [3.8, 4) is 0 Å². The normalized spacial score (nSPS) is 30.3. The maximum atomic E-state index is 12.6. The van der Waals surface area contributed by atoms with Gasteiger partial charge in [0, 0.05) is 30.5 Å². The van der Waals surface area contributed by atoms with E-state index in [0.29, 0.717) is 12.0 Å². The van der Waals surface area contributed by atoms with E-state index in [1.54, 1.807) is 0 Å². The molecule has 1 aliphatic carbocycles. The van der Waals surface area contributed by atoms with Crippen LogP contribution in [0.4, 0.5) is 11.4 Å². The minimum absolute atomic E-state index is 0.0152. The lowest BCUT2D eigenvalue weighted by Gasteiger charge is -2.24. The van der Waals surface area contributed by atoms with Crippen molar-refractivity contribution in [1.82, 2.24) is 5.32 Å². The molecule has 3 fully saturated rings. The molecule has 2 aliphatic heterocycles. The molecule has 1 amide bonds. The van der Waals surface area contributed by atoms with Crippen molar-refractivity contribution >= 4 is 17.3 Å². The summed E-state index contributed by atoms with van der Waals surface area (Å²) < 4.78 is 0. The van der Waals surface area contributed by atoms with Gasteiger partial charge in [-0.2, -0.15) is 0 Å². The Morgan fingerprint density at radius 1 is 1.13 bits per heavy atom. The molecule has 124 valence electrons. The van der Waals surface area contributed by atoms with Gasteiger partial charge in [-0.15, -0.1) is 0 Å². The Balaban J connectivity index is 1.39. The predicted molar refractivity (Wildman–Crippen MR) is 93.8 cm³/mol. The predicted octanol–water partition coefficient (Wildman–Crippen LogP) is 3.15. The van der Waals surface area contributed by atoms with Crippen molar-refractivity contribution in [1.29, 1.82) is 0 Å². The summed E-state index contributed by atoms with van der Waals surface area (Å²) in [5, 5.41) is 6.69. The van der Waals surface area contributed by atoms with E-state index in [4.69, 9.17) is 0 Å². The fourth-order valence-corrected chi connectivity index (χ4v) is 4.51. The highest BCUT2D eigenvalue weighted by Crippen LogP contribution is 2.33. The lowest BCUT2D eigenvalue weighted by Crippen LogP contribution is -2.39. The average molecular weight is 313 g/mol. The maximum absolute atomic E-state index is 12.6. The highest BCUT2D eigenvalue weighted by molar-refractivity contribution is 5.95. The first kappa shape index (κ1) is 15.0. The van der Waals surface area contributed by atoms with Crippen molar-refractivity contribution < 1.29 is 4.79 Å². The molecular formula is C19H27N3O. The Labute approximate surface area is 138 Å². The number of carbonyl (C=O) groups excluding carboxylic acids is 1. The van der Waals surface area contributed by atoms with Crippen LogP contribution in [0.15, 0.2) is 24.3 Å². The molecule has 4 nitrogen and oxygen atoms in total. The van der Waals surface area contributed by atoms with Gasteiger partial charge < -0.3 is 15.5 Å². The molecular weight excluding hydrogens is 286 g/mol. The number of carbonyl (C=O) groups is 1. The van der Waals surface area contributed by atoms with Crippen LogP contribution in [0.1, 0.15) is 44.9 Å². The van der Waals surface area contributed by atoms with E-state index in [1.165, 1.54) is 44.2 Å². The summed E-state index contributed by atoms with van der Waals surface area (Å²) in [5.74, 6) is 0.841. The first-order valence-electron chi connectivity index (χ1n) is 9.21. The molecule has 2 saturated heterocycles. The maximum Gasteiger partial charge on any atom is 0.241 e. The second-order valence-electron chi connectivity index (χ2n) is 7.34. The van der Waals surface area contributed by atoms with E-state index in [-0.39, 0.29) is 11.9 Å². The molecule has 4 heteroatoms. The topological polar surface area (TPSA) is 44.4 Å². The van der Waals surface area contributed by atoms with Crippen LogP contribution >= 0.6 is 0 Å². The molecule has 23 heavy (non-hydrogen) atoms. The van der Waals surface area contributed by atoms with E-state index in [2.05, 4.69) is 27.7 Å². The number of rotatable bonds is 3. The standard InChI is InChI=1S/C19H27N3O/c23-19(18-12-14-6-1-2-9-17(14)21-18)20-15-7-5-8-16(13-15)22-10-3-4-11-22/h5,7-8,13-14,17-18,21H,1-4,6,9-12H2,(H,20,23). The van der Waals surface area contributed by atoms with E-state index in [9.17, 15) is 4.79 Å². The molecule has 0 radical (unpaired) electrons. The number of hydrogen-bond donors (Lipinski definition) is 2. The van der Waals surface area contributed by atoms with Crippen molar-refractivity contribution in [2.45, 2.75) is 57.0 Å². The van der Waals surface area contributed by atoms with Crippen LogP contribution in [-0.2, 0) is 4.79 Å². The number of anilines is 2. The SMILES string of the molecule is O=C(Nc1cccc(N2CCCC2)c1)C1CC2CCCCC2N1. The van der Waals surface area contributed by atoms with E-state index >= 15 is 0 Å². The number of benzene rings is 1. The van der Waals surface area contributed by atoms with Crippen molar-refractivity contribution in [3.63, 3.8) is 0 Å². The Kier molecular flexibility index (Phi) is 4.25. The Bertz CT molecular complexity index is 553. The summed E-state index contributed by atoms with van der Waals surface area (Å²) in [4.78, 5) is 15.0. The Morgan fingerprint density at radius 2 is 1.96 bits per heavy atom. The first-order chi connectivity index (χ1) is 11.3. The average Bonchev–Trinajstić information content (AvgIpc) is 3.24. The molecule has 3 atom stereocenters. The summed E-state index contributed by atoms with van der Waals surface area (Å²) in [6, 6.07) is 8.85. The van der Waals surface area contributed by atoms with Gasteiger partial charge in [-0.1, -0.05) is 18.9 Å². The zero-order valence-electron chi connectivity index (χ0n) is 13.8. The largest absolute Gasteiger partial charge is 0.371 e. The van der Waals surface area contributed by atoms with E-state index < -0.39 is 0 Å². The first-order valence-corrected chi connectivity index (χ1v) is 9.21. The number of nitrogens with zero attached hydrogens (tertiary/aromatic N) is 1. The van der Waals surface area contributed by atoms with Gasteiger partial charge in [0.2, 0.25) is 5.91 Å². The molecule has 2 heterocycles. The van der Waals surface area contributed by atoms with Crippen LogP contribution < -0.4 is 15.5 Å². The van der Waals surface area contributed by atoms with Crippen LogP contribution in [-0.4, -0.2) is 31.1 Å². The van der Waals surface area contributed by atoms with Crippen LogP contribution in [0.2, 0.25) is 0 Å². The summed E-state index contributed by atoms with van der Waals surface area (Å²) in [6.07, 6.45) is 8.69. The monoisotopic (exact) mass is 313 g/mol. The zero-order valence-corrected chi connectivity index (χ0v) is 13.8. The molecule has 0 bridgehead atoms. The number of fused-ring (bicyclic) bond motifs is 1. The molecule has 4 rings (SSSR count). The van der Waals surface area contributed by atoms with Crippen molar-refractivity contribution in [2.75, 3.05) is 23.3 Å². The van der Waals surface area contributed by atoms with Crippen LogP contribution in [0, 0.1) is 5.92 Å². The van der Waals surface area contributed by atoms with Gasteiger partial charge in [0.15, 0.2) is 0 Å². The van der Waals surface area contributed by atoms with E-state index in [1.807, 2.05) is 12.1 Å². The van der Waals surface area contributed by atoms with Gasteiger partial charge in [0.1, 0.15) is 0 Å². The van der Waals surface area contributed by atoms with Gasteiger partial charge in [-0.05, 0) is 56.2 Å². The third-order valence-electron chi connectivity index (χ3n) is 5.76. The number of amides is 1. The summed E-state index contributed by atoms with van der Waals surface area (Å²) >= 11 is 0. The Hall–Kier alpha value is -1.55. The number of hydrogen-bond acceptors (Lipinski definition) is 3. The lowest BCUT2D eigenvalue weighted by molar-refractivity contribution is -0.117. The van der Waals surface area contributed by atoms with E-state index in [0.717, 1.165) is 25.2 Å². The quantitative estimate of drug-likeness (QED) is 0.901. The van der Waals surface area contributed by atoms with Crippen LogP contribution in [0.3, 0.4) is 0 Å². The molecule has 3 unspecified atom stereocenters. The molecule has 0 spiro atoms. The molecule has 2 N–H and O–H groups in total. The summed E-state index contributed by atoms with van der Waals surface area (Å²) in [6.45, 7) is 2.26. The molecule has 3 aliphatic rings. The van der Waals surface area contributed by atoms with Gasteiger partial charge in [0.05, 0.1) is 6.04 Å². The summed E-state index contributed by atoms with van der Waals surface area (Å²) in [7, 11) is 0. The van der Waals surface area contributed by atoms with Gasteiger partial charge in [-0.25, -0.2) is 0 Å². The minimum atomic E-state index is -0.0152. The van der Waals surface area contributed by atoms with Gasteiger partial charge in [0.25, 0.3) is 0 Å². The second kappa shape index (κ2) is 6.52. The lowest BCUT2D eigenvalue weighted by atomic mass is 9.85. The minimum Gasteiger partial charge on any atom is -0.371 e. The van der Waals surface area contributed by atoms with Gasteiger partial charge >= 0.3 is 0 Å². The smallest absolute Gasteiger partial charge is 0.241 e. The summed E-state index contributed by atoms with van der Waals surface area (Å²) in [5.41, 5.74) is 2.16. The van der Waals surface area contributed by atoms with Gasteiger partial charge in [-0.3, -0.25) is 4.79 Å². The van der Waals surface area contributed by atoms with Crippen LogP contribution in [0.25, 0.3) is 0 Å². The fraction of sp³-hybridized carbons (Fsp3) is 0.632. The second-order valence-corrected chi connectivity index (χ2v) is 7.34. The molecule has 1 aromatic carbocycles. The van der Waals surface area contributed by atoms with Crippen molar-refractivity contribution in [3.05, 3.63) is 24.3 Å². The zero-order chi connectivity index (χ0) is 15.6. The van der Waals surface area contributed by atoms with Crippen molar-refractivity contribution in [2.24, 2.45) is 5.92 Å². The molecule has 1 saturated carbocycles.